The maximum absolute atomic E-state index is 12.3. The molecule has 1 unspecified atom stereocenters. The van der Waals surface area contributed by atoms with Crippen molar-refractivity contribution < 1.29 is 5.11 Å². The quantitative estimate of drug-likeness (QED) is 0.772. The molecule has 4 nitrogen and oxygen atoms in total. The molecule has 2 aromatic carbocycles. The first-order valence-corrected chi connectivity index (χ1v) is 6.37. The summed E-state index contributed by atoms with van der Waals surface area (Å²) < 4.78 is 1.40. The van der Waals surface area contributed by atoms with Crippen molar-refractivity contribution in [2.45, 2.75) is 6.10 Å². The van der Waals surface area contributed by atoms with Crippen molar-refractivity contribution >= 4 is 10.9 Å². The molecule has 1 heterocycles. The summed E-state index contributed by atoms with van der Waals surface area (Å²) in [6.07, 6.45) is -0.918. The normalized spacial score (nSPS) is 12.5. The third-order valence-electron chi connectivity index (χ3n) is 3.38. The van der Waals surface area contributed by atoms with Gasteiger partial charge in [-0.15, -0.1) is 0 Å². The van der Waals surface area contributed by atoms with E-state index in [0.717, 1.165) is 0 Å². The van der Waals surface area contributed by atoms with Crippen molar-refractivity contribution in [3.05, 3.63) is 76.3 Å². The zero-order chi connectivity index (χ0) is 14.1. The van der Waals surface area contributed by atoms with Crippen LogP contribution in [-0.4, -0.2) is 14.7 Å². The number of hydrogen-bond donors (Lipinski definition) is 1. The molecule has 0 radical (unpaired) electrons. The van der Waals surface area contributed by atoms with Gasteiger partial charge in [-0.3, -0.25) is 9.36 Å². The summed E-state index contributed by atoms with van der Waals surface area (Å²) in [5.74, 6) is 0.347. The number of nitrogens with zero attached hydrogens (tertiary/aromatic N) is 2. The Labute approximate surface area is 116 Å². The number of para-hydroxylation sites is 1. The Morgan fingerprint density at radius 1 is 1.05 bits per heavy atom. The van der Waals surface area contributed by atoms with E-state index < -0.39 is 6.10 Å². The van der Waals surface area contributed by atoms with E-state index in [0.29, 0.717) is 22.3 Å². The molecule has 0 spiro atoms. The summed E-state index contributed by atoms with van der Waals surface area (Å²) in [6, 6.07) is 16.3. The minimum Gasteiger partial charge on any atom is -0.380 e. The van der Waals surface area contributed by atoms with Crippen LogP contribution >= 0.6 is 0 Å². The predicted octanol–water partition coefficient (Wildman–Crippen LogP) is 2.02. The Balaban J connectivity index is 2.22. The third kappa shape index (κ3) is 2.00. The van der Waals surface area contributed by atoms with E-state index in [2.05, 4.69) is 4.98 Å². The average Bonchev–Trinajstić information content (AvgIpc) is 2.51. The first-order valence-electron chi connectivity index (χ1n) is 6.37. The first kappa shape index (κ1) is 12.6. The molecule has 0 aliphatic rings. The van der Waals surface area contributed by atoms with E-state index in [9.17, 15) is 9.90 Å². The van der Waals surface area contributed by atoms with Gasteiger partial charge in [-0.25, -0.2) is 4.98 Å². The van der Waals surface area contributed by atoms with E-state index in [4.69, 9.17) is 0 Å². The van der Waals surface area contributed by atoms with E-state index >= 15 is 0 Å². The zero-order valence-electron chi connectivity index (χ0n) is 11.0. The van der Waals surface area contributed by atoms with E-state index in [-0.39, 0.29) is 5.56 Å². The average molecular weight is 266 g/mol. The summed E-state index contributed by atoms with van der Waals surface area (Å²) >= 11 is 0. The lowest BCUT2D eigenvalue weighted by atomic mass is 10.1. The van der Waals surface area contributed by atoms with Gasteiger partial charge in [0.05, 0.1) is 10.9 Å². The largest absolute Gasteiger partial charge is 0.380 e. The number of aromatic nitrogens is 2. The second kappa shape index (κ2) is 4.90. The monoisotopic (exact) mass is 266 g/mol. The molecular formula is C16H14N2O2. The lowest BCUT2D eigenvalue weighted by Crippen LogP contribution is -2.24. The lowest BCUT2D eigenvalue weighted by molar-refractivity contribution is 0.204. The Hall–Kier alpha value is -2.46. The van der Waals surface area contributed by atoms with Crippen molar-refractivity contribution in [3.8, 4) is 0 Å². The van der Waals surface area contributed by atoms with Gasteiger partial charge in [-0.2, -0.15) is 0 Å². The van der Waals surface area contributed by atoms with Gasteiger partial charge in [0.15, 0.2) is 0 Å². The van der Waals surface area contributed by atoms with Crippen molar-refractivity contribution in [1.29, 1.82) is 0 Å². The molecule has 0 aliphatic carbocycles. The van der Waals surface area contributed by atoms with Crippen LogP contribution in [0.4, 0.5) is 0 Å². The second-order valence-corrected chi connectivity index (χ2v) is 4.66. The fourth-order valence-electron chi connectivity index (χ4n) is 2.26. The van der Waals surface area contributed by atoms with Gasteiger partial charge >= 0.3 is 0 Å². The van der Waals surface area contributed by atoms with Crippen molar-refractivity contribution in [1.82, 2.24) is 9.55 Å². The maximum Gasteiger partial charge on any atom is 0.261 e. The van der Waals surface area contributed by atoms with Crippen LogP contribution in [0.15, 0.2) is 59.4 Å². The van der Waals surface area contributed by atoms with Gasteiger partial charge in [-0.1, -0.05) is 42.5 Å². The molecule has 0 aliphatic heterocycles. The highest BCUT2D eigenvalue weighted by Gasteiger charge is 2.17. The minimum atomic E-state index is -0.918. The number of benzene rings is 2. The van der Waals surface area contributed by atoms with Gasteiger partial charge in [0.1, 0.15) is 11.9 Å². The summed E-state index contributed by atoms with van der Waals surface area (Å²) in [4.78, 5) is 16.7. The molecule has 3 rings (SSSR count). The molecule has 20 heavy (non-hydrogen) atoms. The molecule has 100 valence electrons. The summed E-state index contributed by atoms with van der Waals surface area (Å²) in [7, 11) is 1.63. The van der Waals surface area contributed by atoms with Crippen LogP contribution in [0, 0.1) is 0 Å². The van der Waals surface area contributed by atoms with Crippen molar-refractivity contribution in [2.24, 2.45) is 7.05 Å². The van der Waals surface area contributed by atoms with E-state index in [1.807, 2.05) is 36.4 Å². The number of fused-ring (bicyclic) bond motifs is 1. The molecular weight excluding hydrogens is 252 g/mol. The van der Waals surface area contributed by atoms with Crippen LogP contribution in [0.3, 0.4) is 0 Å². The zero-order valence-corrected chi connectivity index (χ0v) is 11.0. The van der Waals surface area contributed by atoms with Gasteiger partial charge in [0, 0.05) is 7.05 Å². The standard InChI is InChI=1S/C16H14N2O2/c1-18-15(14(19)11-7-3-2-4-8-11)17-13-10-6-5-9-12(13)16(18)20/h2-10,14,19H,1H3. The Morgan fingerprint density at radius 2 is 1.70 bits per heavy atom. The van der Waals surface area contributed by atoms with E-state index in [1.54, 1.807) is 25.2 Å². The number of aliphatic hydroxyl groups excluding tert-OH is 1. The molecule has 4 heteroatoms. The second-order valence-electron chi connectivity index (χ2n) is 4.66. The molecule has 1 atom stereocenters. The molecule has 1 aromatic heterocycles. The summed E-state index contributed by atoms with van der Waals surface area (Å²) in [5, 5.41) is 11.0. The van der Waals surface area contributed by atoms with Crippen LogP contribution < -0.4 is 5.56 Å². The highest BCUT2D eigenvalue weighted by atomic mass is 16.3. The molecule has 0 bridgehead atoms. The van der Waals surface area contributed by atoms with Crippen LogP contribution in [0.25, 0.3) is 10.9 Å². The van der Waals surface area contributed by atoms with Gasteiger partial charge in [0.2, 0.25) is 0 Å². The van der Waals surface area contributed by atoms with Gasteiger partial charge in [-0.05, 0) is 17.7 Å². The number of hydrogen-bond acceptors (Lipinski definition) is 3. The molecule has 1 N–H and O–H groups in total. The summed E-state index contributed by atoms with van der Waals surface area (Å²) in [5.41, 5.74) is 1.16. The van der Waals surface area contributed by atoms with Gasteiger partial charge < -0.3 is 5.11 Å². The molecule has 0 saturated carbocycles. The number of rotatable bonds is 2. The lowest BCUT2D eigenvalue weighted by Gasteiger charge is -2.15. The van der Waals surface area contributed by atoms with Crippen LogP contribution in [-0.2, 0) is 7.05 Å². The molecule has 0 saturated heterocycles. The fourth-order valence-corrected chi connectivity index (χ4v) is 2.26. The highest BCUT2D eigenvalue weighted by molar-refractivity contribution is 5.77. The van der Waals surface area contributed by atoms with Crippen molar-refractivity contribution in [3.63, 3.8) is 0 Å². The topological polar surface area (TPSA) is 55.1 Å². The minimum absolute atomic E-state index is 0.152. The van der Waals surface area contributed by atoms with Crippen LogP contribution in [0.1, 0.15) is 17.5 Å². The molecule has 0 fully saturated rings. The fraction of sp³-hybridized carbons (Fsp3) is 0.125. The molecule has 0 amide bonds. The van der Waals surface area contributed by atoms with Crippen molar-refractivity contribution in [2.75, 3.05) is 0 Å². The van der Waals surface area contributed by atoms with E-state index in [1.165, 1.54) is 4.57 Å². The predicted molar refractivity (Wildman–Crippen MR) is 77.5 cm³/mol. The SMILES string of the molecule is Cn1c(C(O)c2ccccc2)nc2ccccc2c1=O. The third-order valence-corrected chi connectivity index (χ3v) is 3.38. The van der Waals surface area contributed by atoms with Crippen LogP contribution in [0.2, 0.25) is 0 Å². The first-order chi connectivity index (χ1) is 9.68. The van der Waals surface area contributed by atoms with Gasteiger partial charge in [0.25, 0.3) is 5.56 Å². The number of aliphatic hydroxyl groups is 1. The maximum atomic E-state index is 12.3. The summed E-state index contributed by atoms with van der Waals surface area (Å²) in [6.45, 7) is 0. The Morgan fingerprint density at radius 3 is 2.45 bits per heavy atom. The highest BCUT2D eigenvalue weighted by Crippen LogP contribution is 2.20. The molecule has 3 aromatic rings. The van der Waals surface area contributed by atoms with Crippen LogP contribution in [0.5, 0.6) is 0 Å². The smallest absolute Gasteiger partial charge is 0.261 e. The Bertz CT molecular complexity index is 810. The Kier molecular flexibility index (Phi) is 3.08.